The summed E-state index contributed by atoms with van der Waals surface area (Å²) in [5.41, 5.74) is 2.95. The van der Waals surface area contributed by atoms with Crippen molar-refractivity contribution in [2.45, 2.75) is 63.8 Å². The number of rotatable bonds is 6. The van der Waals surface area contributed by atoms with E-state index in [1.807, 2.05) is 0 Å². The Bertz CT molecular complexity index is 257. The van der Waals surface area contributed by atoms with Gasteiger partial charge in [-0.25, -0.2) is 0 Å². The third-order valence-corrected chi connectivity index (χ3v) is 4.34. The lowest BCUT2D eigenvalue weighted by Gasteiger charge is -2.39. The van der Waals surface area contributed by atoms with Gasteiger partial charge in [0.25, 0.3) is 0 Å². The first-order chi connectivity index (χ1) is 9.20. The van der Waals surface area contributed by atoms with Gasteiger partial charge in [0.2, 0.25) is 0 Å². The lowest BCUT2D eigenvalue weighted by Crippen LogP contribution is -2.55. The Morgan fingerprint density at radius 1 is 1.32 bits per heavy atom. The van der Waals surface area contributed by atoms with Crippen molar-refractivity contribution in [2.75, 3.05) is 26.3 Å². The molecule has 0 aromatic rings. The minimum absolute atomic E-state index is 0.197. The van der Waals surface area contributed by atoms with E-state index in [2.05, 4.69) is 24.2 Å². The number of nitrogens with zero attached hydrogens (tertiary/aromatic N) is 1. The van der Waals surface area contributed by atoms with Crippen molar-refractivity contribution < 1.29 is 9.47 Å². The molecule has 112 valence electrons. The summed E-state index contributed by atoms with van der Waals surface area (Å²) in [7, 11) is 0. The number of hydrazine groups is 1. The average molecular weight is 271 g/mol. The average Bonchev–Trinajstić information content (AvgIpc) is 2.93. The molecule has 2 fully saturated rings. The fraction of sp³-hybridized carbons (Fsp3) is 1.00. The molecule has 5 nitrogen and oxygen atoms in total. The molecule has 0 aromatic carbocycles. The molecule has 3 unspecified atom stereocenters. The monoisotopic (exact) mass is 271 g/mol. The topological polar surface area (TPSA) is 59.8 Å². The van der Waals surface area contributed by atoms with Crippen LogP contribution < -0.4 is 11.3 Å². The summed E-state index contributed by atoms with van der Waals surface area (Å²) in [5, 5.41) is 0. The minimum Gasteiger partial charge on any atom is -0.378 e. The molecule has 3 atom stereocenters. The summed E-state index contributed by atoms with van der Waals surface area (Å²) >= 11 is 0. The molecule has 2 heterocycles. The van der Waals surface area contributed by atoms with Crippen LogP contribution in [0.25, 0.3) is 0 Å². The van der Waals surface area contributed by atoms with Crippen molar-refractivity contribution in [3.63, 3.8) is 0 Å². The number of ether oxygens (including phenoxy) is 2. The standard InChI is InChI=1S/C14H29N3O2/c1-11(2)17-7-9-19-14(10-17)13(16-15)6-5-12-4-3-8-18-12/h11-14,16H,3-10,15H2,1-2H3. The van der Waals surface area contributed by atoms with Gasteiger partial charge < -0.3 is 9.47 Å². The quantitative estimate of drug-likeness (QED) is 0.555. The molecule has 0 amide bonds. The molecule has 19 heavy (non-hydrogen) atoms. The second kappa shape index (κ2) is 7.55. The molecule has 0 bridgehead atoms. The summed E-state index contributed by atoms with van der Waals surface area (Å²) < 4.78 is 11.6. The highest BCUT2D eigenvalue weighted by Crippen LogP contribution is 2.20. The van der Waals surface area contributed by atoms with Gasteiger partial charge in [-0.1, -0.05) is 0 Å². The second-order valence-electron chi connectivity index (χ2n) is 5.98. The van der Waals surface area contributed by atoms with Crippen molar-refractivity contribution in [3.05, 3.63) is 0 Å². The first kappa shape index (κ1) is 15.2. The van der Waals surface area contributed by atoms with Gasteiger partial charge in [-0.2, -0.15) is 0 Å². The van der Waals surface area contributed by atoms with Gasteiger partial charge in [0.05, 0.1) is 18.8 Å². The fourth-order valence-electron chi connectivity index (χ4n) is 3.02. The Kier molecular flexibility index (Phi) is 6.04. The maximum atomic E-state index is 5.90. The van der Waals surface area contributed by atoms with E-state index in [0.717, 1.165) is 39.1 Å². The zero-order valence-electron chi connectivity index (χ0n) is 12.3. The van der Waals surface area contributed by atoms with E-state index < -0.39 is 0 Å². The fourth-order valence-corrected chi connectivity index (χ4v) is 3.02. The van der Waals surface area contributed by atoms with E-state index in [4.69, 9.17) is 15.3 Å². The van der Waals surface area contributed by atoms with Crippen molar-refractivity contribution in [1.82, 2.24) is 10.3 Å². The minimum atomic E-state index is 0.197. The molecular weight excluding hydrogens is 242 g/mol. The molecule has 2 aliphatic rings. The SMILES string of the molecule is CC(C)N1CCOC(C(CCC2CCCO2)NN)C1. The molecule has 2 aliphatic heterocycles. The van der Waals surface area contributed by atoms with Crippen molar-refractivity contribution in [3.8, 4) is 0 Å². The van der Waals surface area contributed by atoms with Crippen LogP contribution in [-0.4, -0.2) is 55.5 Å². The predicted octanol–water partition coefficient (Wildman–Crippen LogP) is 0.887. The molecule has 2 rings (SSSR count). The Balaban J connectivity index is 1.78. The lowest BCUT2D eigenvalue weighted by molar-refractivity contribution is -0.0583. The van der Waals surface area contributed by atoms with E-state index in [9.17, 15) is 0 Å². The summed E-state index contributed by atoms with van der Waals surface area (Å²) in [5.74, 6) is 5.72. The van der Waals surface area contributed by atoms with Crippen LogP contribution >= 0.6 is 0 Å². The number of nitrogens with one attached hydrogen (secondary N) is 1. The summed E-state index contributed by atoms with van der Waals surface area (Å²) in [6.45, 7) is 8.20. The maximum absolute atomic E-state index is 5.90. The molecule has 5 heteroatoms. The van der Waals surface area contributed by atoms with Gasteiger partial charge in [-0.15, -0.1) is 0 Å². The van der Waals surface area contributed by atoms with Crippen LogP contribution in [-0.2, 0) is 9.47 Å². The first-order valence-corrected chi connectivity index (χ1v) is 7.64. The van der Waals surface area contributed by atoms with Crippen molar-refractivity contribution in [1.29, 1.82) is 0 Å². The highest BCUT2D eigenvalue weighted by atomic mass is 16.5. The van der Waals surface area contributed by atoms with Crippen LogP contribution in [0.3, 0.4) is 0 Å². The zero-order chi connectivity index (χ0) is 13.7. The Morgan fingerprint density at radius 2 is 2.16 bits per heavy atom. The highest BCUT2D eigenvalue weighted by Gasteiger charge is 2.29. The third kappa shape index (κ3) is 4.39. The molecule has 0 aromatic heterocycles. The van der Waals surface area contributed by atoms with Crippen molar-refractivity contribution in [2.24, 2.45) is 5.84 Å². The van der Waals surface area contributed by atoms with Crippen molar-refractivity contribution >= 4 is 0 Å². The van der Waals surface area contributed by atoms with Gasteiger partial charge >= 0.3 is 0 Å². The van der Waals surface area contributed by atoms with Gasteiger partial charge in [0.1, 0.15) is 0 Å². The van der Waals surface area contributed by atoms with Crippen LogP contribution in [0, 0.1) is 0 Å². The predicted molar refractivity (Wildman–Crippen MR) is 75.8 cm³/mol. The van der Waals surface area contributed by atoms with E-state index in [0.29, 0.717) is 12.1 Å². The van der Waals surface area contributed by atoms with E-state index >= 15 is 0 Å². The van der Waals surface area contributed by atoms with Gasteiger partial charge in [-0.3, -0.25) is 16.2 Å². The smallest absolute Gasteiger partial charge is 0.0868 e. The van der Waals surface area contributed by atoms with Gasteiger partial charge in [0.15, 0.2) is 0 Å². The number of morpholine rings is 1. The molecule has 3 N–H and O–H groups in total. The third-order valence-electron chi connectivity index (χ3n) is 4.34. The Morgan fingerprint density at radius 3 is 2.79 bits per heavy atom. The van der Waals surface area contributed by atoms with Gasteiger partial charge in [0, 0.05) is 31.8 Å². The molecule has 0 aliphatic carbocycles. The van der Waals surface area contributed by atoms with Crippen LogP contribution in [0.4, 0.5) is 0 Å². The number of hydrogen-bond acceptors (Lipinski definition) is 5. The van der Waals surface area contributed by atoms with E-state index in [1.165, 1.54) is 12.8 Å². The van der Waals surface area contributed by atoms with Crippen LogP contribution in [0.2, 0.25) is 0 Å². The maximum Gasteiger partial charge on any atom is 0.0868 e. The Hall–Kier alpha value is -0.200. The molecule has 0 saturated carbocycles. The zero-order valence-corrected chi connectivity index (χ0v) is 12.3. The van der Waals surface area contributed by atoms with E-state index in [-0.39, 0.29) is 12.1 Å². The second-order valence-corrected chi connectivity index (χ2v) is 5.98. The van der Waals surface area contributed by atoms with Crippen LogP contribution in [0.15, 0.2) is 0 Å². The summed E-state index contributed by atoms with van der Waals surface area (Å²) in [6, 6.07) is 0.800. The summed E-state index contributed by atoms with van der Waals surface area (Å²) in [4.78, 5) is 2.46. The van der Waals surface area contributed by atoms with Crippen LogP contribution in [0.5, 0.6) is 0 Å². The lowest BCUT2D eigenvalue weighted by atomic mass is 10.0. The Labute approximate surface area is 116 Å². The highest BCUT2D eigenvalue weighted by molar-refractivity contribution is 4.84. The normalized spacial score (nSPS) is 30.9. The molecule has 0 radical (unpaired) electrons. The van der Waals surface area contributed by atoms with Gasteiger partial charge in [-0.05, 0) is 39.5 Å². The van der Waals surface area contributed by atoms with E-state index in [1.54, 1.807) is 0 Å². The number of nitrogens with two attached hydrogens (primary N) is 1. The molecule has 0 spiro atoms. The van der Waals surface area contributed by atoms with Crippen LogP contribution in [0.1, 0.15) is 39.5 Å². The molecular formula is C14H29N3O2. The first-order valence-electron chi connectivity index (χ1n) is 7.64. The molecule has 2 saturated heterocycles. The summed E-state index contributed by atoms with van der Waals surface area (Å²) in [6.07, 6.45) is 5.13. The number of hydrogen-bond donors (Lipinski definition) is 2. The largest absolute Gasteiger partial charge is 0.378 e.